The van der Waals surface area contributed by atoms with Crippen LogP contribution in [0.4, 0.5) is 0 Å². The molecule has 0 aliphatic heterocycles. The number of nitrogens with zero attached hydrogens (tertiary/aromatic N) is 1. The molecule has 1 atom stereocenters. The van der Waals surface area contributed by atoms with Gasteiger partial charge in [0, 0.05) is 5.02 Å². The molecule has 1 rings (SSSR count). The van der Waals surface area contributed by atoms with E-state index >= 15 is 0 Å². The van der Waals surface area contributed by atoms with Crippen LogP contribution in [0.25, 0.3) is 0 Å². The first-order valence-corrected chi connectivity index (χ1v) is 7.72. The van der Waals surface area contributed by atoms with Gasteiger partial charge in [0.1, 0.15) is 0 Å². The molecule has 0 fully saturated rings. The van der Waals surface area contributed by atoms with Crippen molar-refractivity contribution in [2.75, 3.05) is 19.6 Å². The number of hydrogen-bond donors (Lipinski definition) is 1. The minimum absolute atomic E-state index is 0.0513. The maximum Gasteiger partial charge on any atom is 0.234 e. The Kier molecular flexibility index (Phi) is 7.63. The molecule has 0 saturated heterocycles. The van der Waals surface area contributed by atoms with E-state index in [4.69, 9.17) is 11.6 Å². The Hall–Kier alpha value is -1.06. The summed E-state index contributed by atoms with van der Waals surface area (Å²) in [5.41, 5.74) is 0.958. The summed E-state index contributed by atoms with van der Waals surface area (Å²) >= 11 is 6.14. The second-order valence-electron chi connectivity index (χ2n) is 5.03. The summed E-state index contributed by atoms with van der Waals surface area (Å²) < 4.78 is 0. The lowest BCUT2D eigenvalue weighted by atomic mass is 10.1. The molecule has 0 bridgehead atoms. The lowest BCUT2D eigenvalue weighted by molar-refractivity contribution is -0.122. The zero-order chi connectivity index (χ0) is 15.0. The van der Waals surface area contributed by atoms with Crippen LogP contribution in [0.5, 0.6) is 0 Å². The third kappa shape index (κ3) is 5.51. The topological polar surface area (TPSA) is 32.3 Å². The van der Waals surface area contributed by atoms with Crippen LogP contribution in [0.2, 0.25) is 5.02 Å². The first-order chi connectivity index (χ1) is 9.58. The lowest BCUT2D eigenvalue weighted by Gasteiger charge is -2.21. The van der Waals surface area contributed by atoms with Crippen LogP contribution >= 0.6 is 11.6 Å². The molecule has 0 aliphatic rings. The fourth-order valence-corrected chi connectivity index (χ4v) is 2.42. The minimum atomic E-state index is -0.0684. The van der Waals surface area contributed by atoms with Crippen molar-refractivity contribution in [1.29, 1.82) is 0 Å². The fourth-order valence-electron chi connectivity index (χ4n) is 2.12. The van der Waals surface area contributed by atoms with Crippen LogP contribution in [0, 0.1) is 0 Å². The van der Waals surface area contributed by atoms with Gasteiger partial charge in [-0.3, -0.25) is 9.69 Å². The van der Waals surface area contributed by atoms with Gasteiger partial charge in [0.2, 0.25) is 5.91 Å². The van der Waals surface area contributed by atoms with Crippen LogP contribution in [-0.4, -0.2) is 30.4 Å². The van der Waals surface area contributed by atoms with Gasteiger partial charge >= 0.3 is 0 Å². The van der Waals surface area contributed by atoms with Crippen molar-refractivity contribution in [2.24, 2.45) is 0 Å². The van der Waals surface area contributed by atoms with Crippen LogP contribution < -0.4 is 5.32 Å². The Bertz CT molecular complexity index is 423. The number of rotatable bonds is 8. The quantitative estimate of drug-likeness (QED) is 0.794. The lowest BCUT2D eigenvalue weighted by Crippen LogP contribution is -2.38. The average molecular weight is 297 g/mol. The molecule has 20 heavy (non-hydrogen) atoms. The molecule has 1 N–H and O–H groups in total. The number of benzene rings is 1. The summed E-state index contributed by atoms with van der Waals surface area (Å²) in [6.45, 7) is 8.52. The van der Waals surface area contributed by atoms with E-state index in [0.717, 1.165) is 31.5 Å². The van der Waals surface area contributed by atoms with E-state index < -0.39 is 0 Å². The van der Waals surface area contributed by atoms with Gasteiger partial charge in [-0.25, -0.2) is 0 Å². The summed E-state index contributed by atoms with van der Waals surface area (Å²) in [5.74, 6) is 0.0513. The highest BCUT2D eigenvalue weighted by atomic mass is 35.5. The molecule has 112 valence electrons. The Morgan fingerprint density at radius 2 is 2.05 bits per heavy atom. The van der Waals surface area contributed by atoms with Gasteiger partial charge in [-0.05, 0) is 38.1 Å². The molecule has 0 aliphatic carbocycles. The zero-order valence-electron chi connectivity index (χ0n) is 12.7. The maximum atomic E-state index is 12.1. The number of nitrogens with one attached hydrogen (secondary N) is 1. The molecule has 4 heteroatoms. The predicted octanol–water partition coefficient (Wildman–Crippen LogP) is 3.64. The van der Waals surface area contributed by atoms with Crippen molar-refractivity contribution >= 4 is 17.5 Å². The van der Waals surface area contributed by atoms with E-state index in [0.29, 0.717) is 11.6 Å². The average Bonchev–Trinajstić information content (AvgIpc) is 2.43. The Labute approximate surface area is 127 Å². The summed E-state index contributed by atoms with van der Waals surface area (Å²) in [5, 5.41) is 3.71. The molecule has 0 heterocycles. The number of amides is 1. The van der Waals surface area contributed by atoms with Crippen LogP contribution in [0.3, 0.4) is 0 Å². The number of carbonyl (C=O) groups excluding carboxylic acids is 1. The molecule has 0 saturated carbocycles. The number of likely N-dealkylation sites (N-methyl/N-ethyl adjacent to an activating group) is 1. The Morgan fingerprint density at radius 1 is 1.35 bits per heavy atom. The summed E-state index contributed by atoms with van der Waals surface area (Å²) in [4.78, 5) is 14.2. The van der Waals surface area contributed by atoms with E-state index in [1.807, 2.05) is 31.2 Å². The van der Waals surface area contributed by atoms with Crippen molar-refractivity contribution in [2.45, 2.75) is 39.7 Å². The second-order valence-corrected chi connectivity index (χ2v) is 5.44. The largest absolute Gasteiger partial charge is 0.348 e. The van der Waals surface area contributed by atoms with Gasteiger partial charge < -0.3 is 5.32 Å². The molecule has 1 unspecified atom stereocenters. The van der Waals surface area contributed by atoms with E-state index in [1.165, 1.54) is 0 Å². The van der Waals surface area contributed by atoms with Crippen LogP contribution in [0.15, 0.2) is 24.3 Å². The molecule has 0 aromatic heterocycles. The minimum Gasteiger partial charge on any atom is -0.348 e. The number of unbranched alkanes of at least 4 members (excludes halogenated alkanes) is 1. The third-order valence-electron chi connectivity index (χ3n) is 3.39. The maximum absolute atomic E-state index is 12.1. The van der Waals surface area contributed by atoms with Gasteiger partial charge in [0.05, 0.1) is 12.6 Å². The molecule has 0 spiro atoms. The first kappa shape index (κ1) is 17.0. The van der Waals surface area contributed by atoms with Crippen LogP contribution in [-0.2, 0) is 4.79 Å². The summed E-state index contributed by atoms with van der Waals surface area (Å²) in [6.07, 6.45) is 2.27. The second kappa shape index (κ2) is 8.98. The highest BCUT2D eigenvalue weighted by Gasteiger charge is 2.14. The van der Waals surface area contributed by atoms with Crippen molar-refractivity contribution in [1.82, 2.24) is 10.2 Å². The van der Waals surface area contributed by atoms with E-state index in [1.54, 1.807) is 0 Å². The summed E-state index contributed by atoms with van der Waals surface area (Å²) in [6, 6.07) is 7.55. The molecule has 1 aromatic carbocycles. The van der Waals surface area contributed by atoms with Crippen molar-refractivity contribution in [3.8, 4) is 0 Å². The van der Waals surface area contributed by atoms with Crippen molar-refractivity contribution in [3.05, 3.63) is 34.9 Å². The smallest absolute Gasteiger partial charge is 0.234 e. The SMILES string of the molecule is CCCCN(CC)CC(=O)NC(C)c1ccccc1Cl. The molecule has 0 radical (unpaired) electrons. The molecule has 1 amide bonds. The fraction of sp³-hybridized carbons (Fsp3) is 0.562. The van der Waals surface area contributed by atoms with Crippen LogP contribution in [0.1, 0.15) is 45.2 Å². The van der Waals surface area contributed by atoms with Gasteiger partial charge in [0.25, 0.3) is 0 Å². The predicted molar refractivity (Wildman–Crippen MR) is 85.0 cm³/mol. The third-order valence-corrected chi connectivity index (χ3v) is 3.74. The van der Waals surface area contributed by atoms with Crippen molar-refractivity contribution < 1.29 is 4.79 Å². The van der Waals surface area contributed by atoms with E-state index in [2.05, 4.69) is 24.1 Å². The highest BCUT2D eigenvalue weighted by molar-refractivity contribution is 6.31. The monoisotopic (exact) mass is 296 g/mol. The van der Waals surface area contributed by atoms with Gasteiger partial charge in [-0.2, -0.15) is 0 Å². The summed E-state index contributed by atoms with van der Waals surface area (Å²) in [7, 11) is 0. The first-order valence-electron chi connectivity index (χ1n) is 7.34. The normalized spacial score (nSPS) is 12.4. The number of carbonyl (C=O) groups is 1. The molecule has 3 nitrogen and oxygen atoms in total. The molecular formula is C16H25ClN2O. The van der Waals surface area contributed by atoms with E-state index in [9.17, 15) is 4.79 Å². The highest BCUT2D eigenvalue weighted by Crippen LogP contribution is 2.21. The number of halogens is 1. The Balaban J connectivity index is 2.51. The van der Waals surface area contributed by atoms with Gasteiger partial charge in [-0.1, -0.05) is 50.1 Å². The van der Waals surface area contributed by atoms with Gasteiger partial charge in [0.15, 0.2) is 0 Å². The number of hydrogen-bond acceptors (Lipinski definition) is 2. The van der Waals surface area contributed by atoms with Gasteiger partial charge in [-0.15, -0.1) is 0 Å². The van der Waals surface area contributed by atoms with Crippen molar-refractivity contribution in [3.63, 3.8) is 0 Å². The zero-order valence-corrected chi connectivity index (χ0v) is 13.4. The standard InChI is InChI=1S/C16H25ClN2O/c1-4-6-11-19(5-2)12-16(20)18-13(3)14-9-7-8-10-15(14)17/h7-10,13H,4-6,11-12H2,1-3H3,(H,18,20). The Morgan fingerprint density at radius 3 is 2.65 bits per heavy atom. The molecule has 1 aromatic rings. The molecular weight excluding hydrogens is 272 g/mol. The van der Waals surface area contributed by atoms with E-state index in [-0.39, 0.29) is 11.9 Å².